The fourth-order valence-corrected chi connectivity index (χ4v) is 3.64. The number of hydrogen-bond acceptors (Lipinski definition) is 4. The van der Waals surface area contributed by atoms with E-state index in [2.05, 4.69) is 26.8 Å². The van der Waals surface area contributed by atoms with Crippen LogP contribution in [-0.2, 0) is 6.54 Å². The summed E-state index contributed by atoms with van der Waals surface area (Å²) in [6, 6.07) is 13.2. The van der Waals surface area contributed by atoms with Gasteiger partial charge in [-0.25, -0.2) is 19.0 Å². The van der Waals surface area contributed by atoms with E-state index in [0.29, 0.717) is 18.9 Å². The maximum absolute atomic E-state index is 14.0. The van der Waals surface area contributed by atoms with E-state index in [1.54, 1.807) is 18.5 Å². The third kappa shape index (κ3) is 4.59. The third-order valence-corrected chi connectivity index (χ3v) is 5.06. The Hall–Kier alpha value is -3.42. The summed E-state index contributed by atoms with van der Waals surface area (Å²) in [7, 11) is 0. The normalized spacial score (nSPS) is 16.7. The predicted molar refractivity (Wildman–Crippen MR) is 116 cm³/mol. The Morgan fingerprint density at radius 2 is 2.10 bits per heavy atom. The van der Waals surface area contributed by atoms with Crippen molar-refractivity contribution in [2.75, 3.05) is 24.5 Å². The van der Waals surface area contributed by atoms with Crippen molar-refractivity contribution in [2.24, 2.45) is 4.99 Å². The van der Waals surface area contributed by atoms with E-state index in [-0.39, 0.29) is 11.9 Å². The summed E-state index contributed by atoms with van der Waals surface area (Å²) in [4.78, 5) is 10.9. The molecule has 1 saturated heterocycles. The van der Waals surface area contributed by atoms with Crippen molar-refractivity contribution >= 4 is 11.8 Å². The summed E-state index contributed by atoms with van der Waals surface area (Å²) in [5.74, 6) is 0.881. The lowest BCUT2D eigenvalue weighted by Gasteiger charge is -2.20. The van der Waals surface area contributed by atoms with Gasteiger partial charge in [0.25, 0.3) is 0 Å². The summed E-state index contributed by atoms with van der Waals surface area (Å²) >= 11 is 0. The Bertz CT molecular complexity index is 987. The van der Waals surface area contributed by atoms with Gasteiger partial charge in [-0.15, -0.1) is 0 Å². The van der Waals surface area contributed by atoms with E-state index in [1.807, 2.05) is 47.0 Å². The summed E-state index contributed by atoms with van der Waals surface area (Å²) < 4.78 is 15.9. The van der Waals surface area contributed by atoms with E-state index >= 15 is 0 Å². The summed E-state index contributed by atoms with van der Waals surface area (Å²) in [6.45, 7) is 4.77. The van der Waals surface area contributed by atoms with Crippen LogP contribution in [0.3, 0.4) is 0 Å². The highest BCUT2D eigenvalue weighted by Crippen LogP contribution is 2.21. The van der Waals surface area contributed by atoms with Crippen LogP contribution in [0, 0.1) is 5.82 Å². The summed E-state index contributed by atoms with van der Waals surface area (Å²) in [5.41, 5.74) is 2.10. The molecule has 1 fully saturated rings. The molecule has 0 radical (unpaired) electrons. The molecule has 0 bridgehead atoms. The molecule has 2 aromatic heterocycles. The molecule has 0 amide bonds. The average molecular weight is 407 g/mol. The summed E-state index contributed by atoms with van der Waals surface area (Å²) in [5, 5.41) is 11.1. The smallest absolute Gasteiger partial charge is 0.191 e. The van der Waals surface area contributed by atoms with E-state index in [4.69, 9.17) is 4.99 Å². The van der Waals surface area contributed by atoms with Gasteiger partial charge < -0.3 is 15.5 Å². The molecule has 0 spiro atoms. The largest absolute Gasteiger partial charge is 0.357 e. The zero-order valence-electron chi connectivity index (χ0n) is 17.0. The van der Waals surface area contributed by atoms with Crippen LogP contribution in [0.4, 0.5) is 10.2 Å². The van der Waals surface area contributed by atoms with Crippen LogP contribution in [0.25, 0.3) is 5.69 Å². The molecule has 0 aliphatic carbocycles. The number of para-hydroxylation sites is 1. The van der Waals surface area contributed by atoms with Gasteiger partial charge in [-0.2, -0.15) is 5.10 Å². The van der Waals surface area contributed by atoms with Gasteiger partial charge in [0.05, 0.1) is 12.2 Å². The van der Waals surface area contributed by atoms with Crippen molar-refractivity contribution in [1.29, 1.82) is 0 Å². The molecule has 7 nitrogen and oxygen atoms in total. The molecule has 30 heavy (non-hydrogen) atoms. The van der Waals surface area contributed by atoms with Gasteiger partial charge in [-0.3, -0.25) is 0 Å². The number of rotatable bonds is 6. The number of pyridine rings is 1. The summed E-state index contributed by atoms with van der Waals surface area (Å²) in [6.07, 6.45) is 6.21. The van der Waals surface area contributed by atoms with Crippen molar-refractivity contribution in [3.63, 3.8) is 0 Å². The molecule has 1 aromatic carbocycles. The Morgan fingerprint density at radius 3 is 2.90 bits per heavy atom. The second-order valence-corrected chi connectivity index (χ2v) is 7.16. The first-order valence-electron chi connectivity index (χ1n) is 10.2. The molecule has 0 saturated carbocycles. The molecule has 1 aliphatic heterocycles. The van der Waals surface area contributed by atoms with Gasteiger partial charge in [-0.05, 0) is 43.2 Å². The first-order chi connectivity index (χ1) is 14.7. The zero-order chi connectivity index (χ0) is 20.8. The van der Waals surface area contributed by atoms with Gasteiger partial charge in [0.1, 0.15) is 0 Å². The predicted octanol–water partition coefficient (Wildman–Crippen LogP) is 2.74. The molecule has 3 heterocycles. The van der Waals surface area contributed by atoms with Crippen LogP contribution in [0.2, 0.25) is 0 Å². The van der Waals surface area contributed by atoms with Crippen LogP contribution in [0.1, 0.15) is 18.9 Å². The zero-order valence-corrected chi connectivity index (χ0v) is 17.0. The van der Waals surface area contributed by atoms with Crippen molar-refractivity contribution < 1.29 is 4.39 Å². The Labute approximate surface area is 175 Å². The third-order valence-electron chi connectivity index (χ3n) is 5.06. The molecule has 3 aromatic rings. The molecule has 156 valence electrons. The Balaban J connectivity index is 1.44. The molecule has 2 N–H and O–H groups in total. The minimum Gasteiger partial charge on any atom is -0.357 e. The maximum Gasteiger partial charge on any atom is 0.191 e. The highest BCUT2D eigenvalue weighted by Gasteiger charge is 2.25. The molecule has 1 atom stereocenters. The van der Waals surface area contributed by atoms with Gasteiger partial charge in [0.2, 0.25) is 0 Å². The van der Waals surface area contributed by atoms with E-state index in [0.717, 1.165) is 36.7 Å². The molecule has 1 aliphatic rings. The Morgan fingerprint density at radius 1 is 1.20 bits per heavy atom. The molecule has 4 rings (SSSR count). The standard InChI is InChI=1S/C22H26FN7/c1-2-24-22(26-15-17-7-3-4-9-20(17)30-13-6-12-27-30)28-18-10-14-29(16-18)21-19(23)8-5-11-25-21/h3-9,11-13,18H,2,10,14-16H2,1H3,(H2,24,26,28). The lowest BCUT2D eigenvalue weighted by atomic mass is 10.2. The van der Waals surface area contributed by atoms with E-state index < -0.39 is 0 Å². The fraction of sp³-hybridized carbons (Fsp3) is 0.318. The van der Waals surface area contributed by atoms with Crippen molar-refractivity contribution in [3.8, 4) is 5.69 Å². The van der Waals surface area contributed by atoms with Gasteiger partial charge in [-0.1, -0.05) is 18.2 Å². The van der Waals surface area contributed by atoms with E-state index in [1.165, 1.54) is 6.07 Å². The van der Waals surface area contributed by atoms with Gasteiger partial charge in [0, 0.05) is 44.3 Å². The lowest BCUT2D eigenvalue weighted by Crippen LogP contribution is -2.44. The minimum absolute atomic E-state index is 0.172. The number of aromatic nitrogens is 3. The van der Waals surface area contributed by atoms with Crippen LogP contribution in [0.15, 0.2) is 66.0 Å². The van der Waals surface area contributed by atoms with Crippen LogP contribution < -0.4 is 15.5 Å². The highest BCUT2D eigenvalue weighted by atomic mass is 19.1. The van der Waals surface area contributed by atoms with Crippen LogP contribution in [-0.4, -0.2) is 46.4 Å². The average Bonchev–Trinajstić information content (AvgIpc) is 3.45. The number of nitrogens with zero attached hydrogens (tertiary/aromatic N) is 5. The van der Waals surface area contributed by atoms with Gasteiger partial charge in [0.15, 0.2) is 17.6 Å². The number of halogens is 1. The van der Waals surface area contributed by atoms with Crippen LogP contribution >= 0.6 is 0 Å². The maximum atomic E-state index is 14.0. The molecule has 1 unspecified atom stereocenters. The number of benzene rings is 1. The van der Waals surface area contributed by atoms with E-state index in [9.17, 15) is 4.39 Å². The fourth-order valence-electron chi connectivity index (χ4n) is 3.64. The number of anilines is 1. The SMILES string of the molecule is CCNC(=NCc1ccccc1-n1cccn1)NC1CCN(c2ncccc2F)C1. The number of guanidine groups is 1. The second-order valence-electron chi connectivity index (χ2n) is 7.16. The lowest BCUT2D eigenvalue weighted by molar-refractivity contribution is 0.612. The second kappa shape index (κ2) is 9.39. The topological polar surface area (TPSA) is 70.4 Å². The first kappa shape index (κ1) is 19.9. The van der Waals surface area contributed by atoms with Crippen LogP contribution in [0.5, 0.6) is 0 Å². The van der Waals surface area contributed by atoms with Crippen molar-refractivity contribution in [2.45, 2.75) is 25.9 Å². The van der Waals surface area contributed by atoms with Crippen molar-refractivity contribution in [1.82, 2.24) is 25.4 Å². The monoisotopic (exact) mass is 407 g/mol. The Kier molecular flexibility index (Phi) is 6.22. The quantitative estimate of drug-likeness (QED) is 0.486. The molecular formula is C22H26FN7. The number of aliphatic imine (C=N–C) groups is 1. The molecular weight excluding hydrogens is 381 g/mol. The number of hydrogen-bond donors (Lipinski definition) is 2. The number of nitrogens with one attached hydrogen (secondary N) is 2. The van der Waals surface area contributed by atoms with Crippen molar-refractivity contribution in [3.05, 3.63) is 72.4 Å². The van der Waals surface area contributed by atoms with Gasteiger partial charge >= 0.3 is 0 Å². The molecule has 8 heteroatoms. The first-order valence-corrected chi connectivity index (χ1v) is 10.2. The minimum atomic E-state index is -0.283. The highest BCUT2D eigenvalue weighted by molar-refractivity contribution is 5.80.